The van der Waals surface area contributed by atoms with Gasteiger partial charge in [0.05, 0.1) is 0 Å². The van der Waals surface area contributed by atoms with E-state index in [1.807, 2.05) is 0 Å². The van der Waals surface area contributed by atoms with Crippen LogP contribution < -0.4 is 5.32 Å². The second-order valence-electron chi connectivity index (χ2n) is 3.93. The van der Waals surface area contributed by atoms with Gasteiger partial charge < -0.3 is 5.32 Å². The first-order valence-electron chi connectivity index (χ1n) is 4.56. The van der Waals surface area contributed by atoms with Crippen molar-refractivity contribution in [2.24, 2.45) is 5.92 Å². The van der Waals surface area contributed by atoms with Gasteiger partial charge in [-0.3, -0.25) is 0 Å². The van der Waals surface area contributed by atoms with Gasteiger partial charge in [0, 0.05) is 6.04 Å². The molecule has 0 aromatic heterocycles. The maximum Gasteiger partial charge on any atom is 0.00722 e. The predicted octanol–water partition coefficient (Wildman–Crippen LogP) is 2.34. The summed E-state index contributed by atoms with van der Waals surface area (Å²) in [4.78, 5) is 0. The van der Waals surface area contributed by atoms with E-state index in [4.69, 9.17) is 0 Å². The highest BCUT2D eigenvalue weighted by atomic mass is 14.9. The Hall–Kier alpha value is -0.300. The van der Waals surface area contributed by atoms with Crippen LogP contribution in [0.25, 0.3) is 0 Å². The lowest BCUT2D eigenvalue weighted by Gasteiger charge is -2.33. The minimum atomic E-state index is 0.810. The average molecular weight is 153 g/mol. The van der Waals surface area contributed by atoms with Gasteiger partial charge in [-0.2, -0.15) is 0 Å². The van der Waals surface area contributed by atoms with Crippen LogP contribution in [0.2, 0.25) is 0 Å². The van der Waals surface area contributed by atoms with Gasteiger partial charge in [-0.15, -0.1) is 6.58 Å². The first-order valence-corrected chi connectivity index (χ1v) is 4.56. The van der Waals surface area contributed by atoms with Gasteiger partial charge in [-0.05, 0) is 38.6 Å². The lowest BCUT2D eigenvalue weighted by molar-refractivity contribution is 0.243. The second-order valence-corrected chi connectivity index (χ2v) is 3.93. The van der Waals surface area contributed by atoms with Crippen molar-refractivity contribution in [1.29, 1.82) is 0 Å². The van der Waals surface area contributed by atoms with E-state index in [9.17, 15) is 0 Å². The largest absolute Gasteiger partial charge is 0.314 e. The van der Waals surface area contributed by atoms with Crippen LogP contribution in [-0.4, -0.2) is 12.6 Å². The molecule has 0 saturated heterocycles. The highest BCUT2D eigenvalue weighted by molar-refractivity contribution is 4.90. The molecule has 1 aliphatic carbocycles. The molecule has 0 radical (unpaired) electrons. The van der Waals surface area contributed by atoms with Crippen molar-refractivity contribution in [1.82, 2.24) is 5.32 Å². The highest BCUT2D eigenvalue weighted by Crippen LogP contribution is 2.26. The van der Waals surface area contributed by atoms with E-state index in [1.165, 1.54) is 18.4 Å². The summed E-state index contributed by atoms with van der Waals surface area (Å²) < 4.78 is 0. The first-order chi connectivity index (χ1) is 5.18. The normalized spacial score (nSPS) is 29.6. The van der Waals surface area contributed by atoms with Gasteiger partial charge in [-0.1, -0.05) is 12.5 Å². The van der Waals surface area contributed by atoms with E-state index in [2.05, 4.69) is 25.7 Å². The first kappa shape index (κ1) is 8.79. The lowest BCUT2D eigenvalue weighted by atomic mass is 9.82. The van der Waals surface area contributed by atoms with Crippen LogP contribution in [0.15, 0.2) is 12.2 Å². The minimum absolute atomic E-state index is 0.810. The quantitative estimate of drug-likeness (QED) is 0.611. The van der Waals surface area contributed by atoms with E-state index in [1.54, 1.807) is 0 Å². The Morgan fingerprint density at radius 1 is 1.55 bits per heavy atom. The molecule has 1 rings (SSSR count). The highest BCUT2D eigenvalue weighted by Gasteiger charge is 2.23. The monoisotopic (exact) mass is 153 g/mol. The van der Waals surface area contributed by atoms with E-state index < -0.39 is 0 Å². The fourth-order valence-electron chi connectivity index (χ4n) is 1.56. The summed E-state index contributed by atoms with van der Waals surface area (Å²) in [6, 6.07) is 0.810. The zero-order valence-electron chi connectivity index (χ0n) is 7.69. The van der Waals surface area contributed by atoms with E-state index in [0.717, 1.165) is 24.9 Å². The summed E-state index contributed by atoms with van der Waals surface area (Å²) in [6.07, 6.45) is 3.87. The minimum Gasteiger partial charge on any atom is -0.314 e. The van der Waals surface area contributed by atoms with Crippen LogP contribution in [0.3, 0.4) is 0 Å². The Morgan fingerprint density at radius 2 is 2.18 bits per heavy atom. The molecule has 0 heterocycles. The molecular formula is C10H19N. The molecule has 1 fully saturated rings. The molecule has 1 N–H and O–H groups in total. The SMILES string of the molecule is C=C(C)CCNC1CC(C)C1. The van der Waals surface area contributed by atoms with Gasteiger partial charge in [0.25, 0.3) is 0 Å². The standard InChI is InChI=1S/C10H19N/c1-8(2)4-5-11-10-6-9(3)7-10/h9-11H,1,4-7H2,2-3H3. The maximum atomic E-state index is 3.87. The van der Waals surface area contributed by atoms with Crippen molar-refractivity contribution in [3.8, 4) is 0 Å². The lowest BCUT2D eigenvalue weighted by Crippen LogP contribution is -2.40. The van der Waals surface area contributed by atoms with Gasteiger partial charge in [0.2, 0.25) is 0 Å². The molecule has 0 aromatic rings. The van der Waals surface area contributed by atoms with Crippen molar-refractivity contribution in [2.45, 2.75) is 39.2 Å². The molecule has 1 saturated carbocycles. The molecule has 0 bridgehead atoms. The summed E-state index contributed by atoms with van der Waals surface area (Å²) in [6.45, 7) is 9.39. The molecule has 0 amide bonds. The Balaban J connectivity index is 1.92. The molecule has 0 unspecified atom stereocenters. The molecule has 0 atom stereocenters. The molecule has 1 nitrogen and oxygen atoms in total. The van der Waals surface area contributed by atoms with Gasteiger partial charge >= 0.3 is 0 Å². The third-order valence-electron chi connectivity index (χ3n) is 2.36. The Bertz CT molecular complexity index is 134. The zero-order valence-corrected chi connectivity index (χ0v) is 7.69. The van der Waals surface area contributed by atoms with Crippen molar-refractivity contribution in [3.05, 3.63) is 12.2 Å². The fourth-order valence-corrected chi connectivity index (χ4v) is 1.56. The van der Waals surface area contributed by atoms with Crippen LogP contribution in [0.5, 0.6) is 0 Å². The van der Waals surface area contributed by atoms with Crippen molar-refractivity contribution >= 4 is 0 Å². The molecule has 1 heteroatoms. The molecule has 0 aromatic carbocycles. The molecule has 0 aliphatic heterocycles. The van der Waals surface area contributed by atoms with Gasteiger partial charge in [0.1, 0.15) is 0 Å². The Labute approximate surface area is 69.9 Å². The number of rotatable bonds is 4. The van der Waals surface area contributed by atoms with Gasteiger partial charge in [-0.25, -0.2) is 0 Å². The number of hydrogen-bond acceptors (Lipinski definition) is 1. The van der Waals surface area contributed by atoms with Crippen LogP contribution in [0.1, 0.15) is 33.1 Å². The molecule has 0 spiro atoms. The summed E-state index contributed by atoms with van der Waals surface area (Å²) >= 11 is 0. The van der Waals surface area contributed by atoms with Crippen LogP contribution >= 0.6 is 0 Å². The number of hydrogen-bond donors (Lipinski definition) is 1. The third-order valence-corrected chi connectivity index (χ3v) is 2.36. The molecule has 11 heavy (non-hydrogen) atoms. The molecule has 1 aliphatic rings. The second kappa shape index (κ2) is 3.91. The van der Waals surface area contributed by atoms with Crippen LogP contribution in [-0.2, 0) is 0 Å². The summed E-state index contributed by atoms with van der Waals surface area (Å²) in [5.74, 6) is 0.956. The van der Waals surface area contributed by atoms with E-state index >= 15 is 0 Å². The van der Waals surface area contributed by atoms with Crippen LogP contribution in [0.4, 0.5) is 0 Å². The van der Waals surface area contributed by atoms with E-state index in [0.29, 0.717) is 0 Å². The van der Waals surface area contributed by atoms with Crippen molar-refractivity contribution < 1.29 is 0 Å². The maximum absolute atomic E-state index is 3.87. The average Bonchev–Trinajstić information content (AvgIpc) is 1.83. The smallest absolute Gasteiger partial charge is 0.00722 e. The third kappa shape index (κ3) is 3.06. The summed E-state index contributed by atoms with van der Waals surface area (Å²) in [7, 11) is 0. The van der Waals surface area contributed by atoms with Crippen molar-refractivity contribution in [3.63, 3.8) is 0 Å². The van der Waals surface area contributed by atoms with Crippen LogP contribution in [0, 0.1) is 5.92 Å². The topological polar surface area (TPSA) is 12.0 Å². The summed E-state index contributed by atoms with van der Waals surface area (Å²) in [5, 5.41) is 3.52. The zero-order chi connectivity index (χ0) is 8.27. The Kier molecular flexibility index (Phi) is 3.13. The van der Waals surface area contributed by atoms with E-state index in [-0.39, 0.29) is 0 Å². The van der Waals surface area contributed by atoms with Gasteiger partial charge in [0.15, 0.2) is 0 Å². The molecule has 64 valence electrons. The number of nitrogens with one attached hydrogen (secondary N) is 1. The molecular weight excluding hydrogens is 134 g/mol. The van der Waals surface area contributed by atoms with Crippen molar-refractivity contribution in [2.75, 3.05) is 6.54 Å². The predicted molar refractivity (Wildman–Crippen MR) is 49.6 cm³/mol. The fraction of sp³-hybridized carbons (Fsp3) is 0.800. The summed E-state index contributed by atoms with van der Waals surface area (Å²) in [5.41, 5.74) is 1.28. The Morgan fingerprint density at radius 3 is 2.64 bits per heavy atom.